The molecule has 0 atom stereocenters. The summed E-state index contributed by atoms with van der Waals surface area (Å²) in [5.41, 5.74) is 1.34. The first-order chi connectivity index (χ1) is 11.6. The van der Waals surface area contributed by atoms with Crippen LogP contribution in [0.1, 0.15) is 22.8 Å². The van der Waals surface area contributed by atoms with Gasteiger partial charge in [0.15, 0.2) is 5.78 Å². The third kappa shape index (κ3) is 4.93. The van der Waals surface area contributed by atoms with Crippen molar-refractivity contribution in [3.8, 4) is 0 Å². The third-order valence-electron chi connectivity index (χ3n) is 3.20. The molecule has 0 aliphatic rings. The summed E-state index contributed by atoms with van der Waals surface area (Å²) in [6.45, 7) is 1.91. The van der Waals surface area contributed by atoms with Crippen LogP contribution >= 0.6 is 11.6 Å². The number of esters is 1. The molecule has 0 spiro atoms. The van der Waals surface area contributed by atoms with Crippen molar-refractivity contribution >= 4 is 29.4 Å². The first kappa shape index (κ1) is 17.7. The largest absolute Gasteiger partial charge is 0.462 e. The van der Waals surface area contributed by atoms with Crippen LogP contribution in [0.2, 0.25) is 5.02 Å². The second kappa shape index (κ2) is 8.85. The van der Waals surface area contributed by atoms with Crippen molar-refractivity contribution in [2.75, 3.05) is 6.61 Å². The van der Waals surface area contributed by atoms with Crippen molar-refractivity contribution in [1.82, 2.24) is 0 Å². The van der Waals surface area contributed by atoms with E-state index in [1.807, 2.05) is 18.2 Å². The summed E-state index contributed by atoms with van der Waals surface area (Å²) in [6, 6.07) is 15.9. The zero-order valence-electron chi connectivity index (χ0n) is 13.2. The quantitative estimate of drug-likeness (QED) is 0.191. The van der Waals surface area contributed by atoms with Crippen LogP contribution in [0.15, 0.2) is 72.3 Å². The number of hydrogen-bond acceptors (Lipinski definition) is 3. The van der Waals surface area contributed by atoms with Crippen LogP contribution in [0.3, 0.4) is 0 Å². The Hall–Kier alpha value is -2.65. The molecule has 0 saturated heterocycles. The molecule has 2 rings (SSSR count). The summed E-state index contributed by atoms with van der Waals surface area (Å²) in [5.74, 6) is -0.998. The van der Waals surface area contributed by atoms with Crippen molar-refractivity contribution < 1.29 is 14.3 Å². The first-order valence-corrected chi connectivity index (χ1v) is 7.90. The molecule has 0 fully saturated rings. The van der Waals surface area contributed by atoms with E-state index in [1.54, 1.807) is 55.5 Å². The Morgan fingerprint density at radius 2 is 1.71 bits per heavy atom. The van der Waals surface area contributed by atoms with Crippen LogP contribution in [0.25, 0.3) is 6.08 Å². The summed E-state index contributed by atoms with van der Waals surface area (Å²) in [5, 5.41) is 0.647. The van der Waals surface area contributed by atoms with E-state index in [-0.39, 0.29) is 18.0 Å². The van der Waals surface area contributed by atoms with Crippen LogP contribution < -0.4 is 0 Å². The summed E-state index contributed by atoms with van der Waals surface area (Å²) in [7, 11) is 0. The van der Waals surface area contributed by atoms with E-state index in [9.17, 15) is 9.59 Å². The van der Waals surface area contributed by atoms with Gasteiger partial charge in [-0.25, -0.2) is 4.79 Å². The number of carbonyl (C=O) groups is 2. The maximum atomic E-state index is 12.5. The van der Waals surface area contributed by atoms with Gasteiger partial charge in [0.25, 0.3) is 0 Å². The highest BCUT2D eigenvalue weighted by Crippen LogP contribution is 2.13. The van der Waals surface area contributed by atoms with Gasteiger partial charge in [0.2, 0.25) is 0 Å². The second-order valence-electron chi connectivity index (χ2n) is 4.91. The minimum Gasteiger partial charge on any atom is -0.462 e. The number of allylic oxidation sites excluding steroid dienone is 2. The Kier molecular flexibility index (Phi) is 6.52. The van der Waals surface area contributed by atoms with Gasteiger partial charge in [-0.1, -0.05) is 66.2 Å². The molecule has 2 aromatic rings. The summed E-state index contributed by atoms with van der Waals surface area (Å²) >= 11 is 5.84. The summed E-state index contributed by atoms with van der Waals surface area (Å²) in [6.07, 6.45) is 4.91. The number of benzene rings is 2. The van der Waals surface area contributed by atoms with Crippen LogP contribution in [0.5, 0.6) is 0 Å². The van der Waals surface area contributed by atoms with Gasteiger partial charge in [-0.15, -0.1) is 0 Å². The number of halogens is 1. The number of ketones is 1. The molecule has 2 aromatic carbocycles. The standard InChI is InChI=1S/C20H17ClO3/c1-2-24-20(23)18(19(22)16-8-4-3-5-9-16)10-6-7-15-11-13-17(21)14-12-15/h3-14H,2H2,1H3/b7-6+,18-10+. The topological polar surface area (TPSA) is 43.4 Å². The fraction of sp³-hybridized carbons (Fsp3) is 0.100. The lowest BCUT2D eigenvalue weighted by Crippen LogP contribution is -2.16. The van der Waals surface area contributed by atoms with Gasteiger partial charge in [-0.3, -0.25) is 4.79 Å². The van der Waals surface area contributed by atoms with Crippen molar-refractivity contribution in [2.45, 2.75) is 6.92 Å². The lowest BCUT2D eigenvalue weighted by atomic mass is 10.0. The molecule has 0 radical (unpaired) electrons. The Morgan fingerprint density at radius 1 is 1.04 bits per heavy atom. The molecule has 0 aliphatic heterocycles. The van der Waals surface area contributed by atoms with Crippen molar-refractivity contribution in [3.05, 3.63) is 88.5 Å². The van der Waals surface area contributed by atoms with Crippen molar-refractivity contribution in [3.63, 3.8) is 0 Å². The Balaban J connectivity index is 2.26. The third-order valence-corrected chi connectivity index (χ3v) is 3.45. The zero-order valence-corrected chi connectivity index (χ0v) is 14.0. The van der Waals surface area contributed by atoms with E-state index in [2.05, 4.69) is 0 Å². The van der Waals surface area contributed by atoms with Crippen LogP contribution in [-0.2, 0) is 9.53 Å². The van der Waals surface area contributed by atoms with E-state index < -0.39 is 5.97 Å². The monoisotopic (exact) mass is 340 g/mol. The van der Waals surface area contributed by atoms with E-state index in [1.165, 1.54) is 6.08 Å². The molecule has 4 heteroatoms. The second-order valence-corrected chi connectivity index (χ2v) is 5.34. The van der Waals surface area contributed by atoms with Crippen molar-refractivity contribution in [2.24, 2.45) is 0 Å². The molecule has 0 saturated carbocycles. The highest BCUT2D eigenvalue weighted by molar-refractivity contribution is 6.30. The van der Waals surface area contributed by atoms with Crippen LogP contribution in [-0.4, -0.2) is 18.4 Å². The maximum absolute atomic E-state index is 12.5. The smallest absolute Gasteiger partial charge is 0.342 e. The number of ether oxygens (including phenoxy) is 1. The van der Waals surface area contributed by atoms with Gasteiger partial charge in [-0.2, -0.15) is 0 Å². The van der Waals surface area contributed by atoms with Gasteiger partial charge in [-0.05, 0) is 30.7 Å². The van der Waals surface area contributed by atoms with Gasteiger partial charge in [0, 0.05) is 10.6 Å². The minimum absolute atomic E-state index is 0.00624. The molecule has 0 unspecified atom stereocenters. The fourth-order valence-corrected chi connectivity index (χ4v) is 2.15. The number of Topliss-reactive ketones (excluding diaryl/α,β-unsaturated/α-hetero) is 1. The average molecular weight is 341 g/mol. The van der Waals surface area contributed by atoms with Crippen LogP contribution in [0.4, 0.5) is 0 Å². The number of carbonyl (C=O) groups excluding carboxylic acids is 2. The van der Waals surface area contributed by atoms with Gasteiger partial charge in [0.05, 0.1) is 6.61 Å². The molecular formula is C20H17ClO3. The molecule has 0 aromatic heterocycles. The summed E-state index contributed by atoms with van der Waals surface area (Å²) in [4.78, 5) is 24.6. The highest BCUT2D eigenvalue weighted by atomic mass is 35.5. The van der Waals surface area contributed by atoms with E-state index in [0.29, 0.717) is 10.6 Å². The molecule has 24 heavy (non-hydrogen) atoms. The molecule has 0 bridgehead atoms. The predicted octanol–water partition coefficient (Wildman–Crippen LogP) is 4.73. The molecule has 0 N–H and O–H groups in total. The Morgan fingerprint density at radius 3 is 2.33 bits per heavy atom. The molecule has 122 valence electrons. The zero-order chi connectivity index (χ0) is 17.4. The Bertz CT molecular complexity index is 759. The van der Waals surface area contributed by atoms with E-state index in [0.717, 1.165) is 5.56 Å². The normalized spacial score (nSPS) is 11.5. The molecule has 0 heterocycles. The molecule has 0 amide bonds. The van der Waals surface area contributed by atoms with Gasteiger partial charge < -0.3 is 4.74 Å². The molecular weight excluding hydrogens is 324 g/mol. The predicted molar refractivity (Wildman–Crippen MR) is 96.0 cm³/mol. The number of hydrogen-bond donors (Lipinski definition) is 0. The van der Waals surface area contributed by atoms with Crippen molar-refractivity contribution in [1.29, 1.82) is 0 Å². The number of rotatable bonds is 6. The van der Waals surface area contributed by atoms with E-state index in [4.69, 9.17) is 16.3 Å². The van der Waals surface area contributed by atoms with E-state index >= 15 is 0 Å². The SMILES string of the molecule is CCOC(=O)/C(=C/C=C/c1ccc(Cl)cc1)C(=O)c1ccccc1. The maximum Gasteiger partial charge on any atom is 0.342 e. The summed E-state index contributed by atoms with van der Waals surface area (Å²) < 4.78 is 4.99. The average Bonchev–Trinajstić information content (AvgIpc) is 2.60. The lowest BCUT2D eigenvalue weighted by Gasteiger charge is -2.05. The highest BCUT2D eigenvalue weighted by Gasteiger charge is 2.20. The van der Waals surface area contributed by atoms with Gasteiger partial charge >= 0.3 is 5.97 Å². The van der Waals surface area contributed by atoms with Crippen LogP contribution in [0, 0.1) is 0 Å². The lowest BCUT2D eigenvalue weighted by molar-refractivity contribution is -0.138. The van der Waals surface area contributed by atoms with Gasteiger partial charge in [0.1, 0.15) is 5.57 Å². The first-order valence-electron chi connectivity index (χ1n) is 7.52. The fourth-order valence-electron chi connectivity index (χ4n) is 2.02. The molecule has 0 aliphatic carbocycles. The Labute approximate surface area is 146 Å². The molecule has 3 nitrogen and oxygen atoms in total. The minimum atomic E-state index is -0.632.